The molecule has 4 nitrogen and oxygen atoms in total. The molecule has 4 rings (SSSR count). The second-order valence-corrected chi connectivity index (χ2v) is 14.2. The maximum absolute atomic E-state index is 14.1. The van der Waals surface area contributed by atoms with Crippen molar-refractivity contribution in [1.82, 2.24) is 4.72 Å². The summed E-state index contributed by atoms with van der Waals surface area (Å²) in [6, 6.07) is 28.7. The Morgan fingerprint density at radius 2 is 1.07 bits per heavy atom. The fourth-order valence-electron chi connectivity index (χ4n) is 5.19. The Hall–Kier alpha value is -2.63. The zero-order chi connectivity index (χ0) is 31.9. The van der Waals surface area contributed by atoms with Gasteiger partial charge in [-0.15, -0.1) is 0 Å². The summed E-state index contributed by atoms with van der Waals surface area (Å²) in [6.45, 7) is 18.9. The normalized spacial score (nSPS) is 12.8. The molecule has 2 atom stereocenters. The quantitative estimate of drug-likeness (QED) is 0.171. The van der Waals surface area contributed by atoms with Gasteiger partial charge in [0.25, 0.3) is 0 Å². The SMILES string of the molecule is CC(C)c1cc(C(C)C)c(S(=O)(=O)N[C@H](c2ccccc2)[C@H](N)c2ccccc2)c(C(C)C)c1.Cc1ccc(C)c(C)c1.[Ru]. The predicted octanol–water partition coefficient (Wildman–Crippen LogP) is 9.39. The fraction of sp³-hybridized carbons (Fsp3) is 0.368. The Bertz CT molecular complexity index is 1560. The molecule has 0 heterocycles. The summed E-state index contributed by atoms with van der Waals surface area (Å²) in [5, 5.41) is 0. The van der Waals surface area contributed by atoms with Gasteiger partial charge in [0.2, 0.25) is 10.0 Å². The first-order chi connectivity index (χ1) is 20.2. The minimum Gasteiger partial charge on any atom is -0.322 e. The number of benzene rings is 4. The summed E-state index contributed by atoms with van der Waals surface area (Å²) in [5.74, 6) is 0.421. The van der Waals surface area contributed by atoms with Crippen LogP contribution in [0.5, 0.6) is 0 Å². The molecule has 4 aromatic rings. The van der Waals surface area contributed by atoms with Crippen molar-refractivity contribution in [2.75, 3.05) is 0 Å². The van der Waals surface area contributed by atoms with Crippen molar-refractivity contribution in [2.24, 2.45) is 5.73 Å². The standard InChI is InChI=1S/C29H38N2O2S.C9H12.Ru/c1-19(2)24-17-25(20(3)4)29(26(18-24)21(5)6)34(32,33)31-28(23-15-11-8-12-16-23)27(30)22-13-9-7-10-14-22;1-7-4-5-8(2)9(3)6-7;/h7-21,27-28,31H,30H2,1-6H3;4-6H,1-3H3;/t27-,28-;;/m1../s1. The molecule has 0 aliphatic carbocycles. The third-order valence-electron chi connectivity index (χ3n) is 7.99. The van der Waals surface area contributed by atoms with E-state index in [1.165, 1.54) is 16.7 Å². The topological polar surface area (TPSA) is 72.2 Å². The predicted molar refractivity (Wildman–Crippen MR) is 182 cm³/mol. The van der Waals surface area contributed by atoms with E-state index >= 15 is 0 Å². The van der Waals surface area contributed by atoms with Crippen LogP contribution in [0.4, 0.5) is 0 Å². The van der Waals surface area contributed by atoms with Crippen LogP contribution in [0, 0.1) is 20.8 Å². The van der Waals surface area contributed by atoms with Crippen molar-refractivity contribution in [3.05, 3.63) is 136 Å². The van der Waals surface area contributed by atoms with Crippen LogP contribution in [-0.4, -0.2) is 8.42 Å². The molecule has 0 saturated carbocycles. The average Bonchev–Trinajstić information content (AvgIpc) is 2.98. The van der Waals surface area contributed by atoms with Crippen LogP contribution >= 0.6 is 0 Å². The molecule has 0 aliphatic rings. The molecule has 238 valence electrons. The van der Waals surface area contributed by atoms with Gasteiger partial charge >= 0.3 is 0 Å². The first-order valence-corrected chi connectivity index (χ1v) is 16.8. The maximum Gasteiger partial charge on any atom is 0.241 e. The van der Waals surface area contributed by atoms with Crippen molar-refractivity contribution < 1.29 is 27.9 Å². The molecule has 0 saturated heterocycles. The molecule has 0 aliphatic heterocycles. The monoisotopic (exact) mass is 700 g/mol. The van der Waals surface area contributed by atoms with Gasteiger partial charge in [-0.25, -0.2) is 13.1 Å². The van der Waals surface area contributed by atoms with Crippen molar-refractivity contribution in [1.29, 1.82) is 0 Å². The van der Waals surface area contributed by atoms with Crippen molar-refractivity contribution in [3.63, 3.8) is 0 Å². The summed E-state index contributed by atoms with van der Waals surface area (Å²) in [5.41, 5.74) is 15.4. The number of sulfonamides is 1. The largest absolute Gasteiger partial charge is 0.322 e. The van der Waals surface area contributed by atoms with Gasteiger partial charge in [-0.05, 0) is 77.5 Å². The van der Waals surface area contributed by atoms with Gasteiger partial charge in [-0.2, -0.15) is 0 Å². The van der Waals surface area contributed by atoms with Gasteiger partial charge in [0.15, 0.2) is 0 Å². The summed E-state index contributed by atoms with van der Waals surface area (Å²) >= 11 is 0. The Balaban J connectivity index is 0.000000579. The van der Waals surface area contributed by atoms with Gasteiger partial charge in [-0.3, -0.25) is 0 Å². The average molecular weight is 700 g/mol. The molecular formula is C38H50N2O2RuS. The van der Waals surface area contributed by atoms with Gasteiger partial charge in [-0.1, -0.05) is 138 Å². The fourth-order valence-corrected chi connectivity index (χ4v) is 7.14. The Kier molecular flexibility index (Phi) is 14.2. The molecule has 44 heavy (non-hydrogen) atoms. The van der Waals surface area contributed by atoms with E-state index in [0.717, 1.165) is 27.8 Å². The van der Waals surface area contributed by atoms with E-state index in [9.17, 15) is 8.42 Å². The maximum atomic E-state index is 14.1. The summed E-state index contributed by atoms with van der Waals surface area (Å²) in [6.07, 6.45) is 0. The first-order valence-electron chi connectivity index (χ1n) is 15.3. The smallest absolute Gasteiger partial charge is 0.241 e. The molecule has 6 heteroatoms. The van der Waals surface area contributed by atoms with Crippen LogP contribution in [-0.2, 0) is 29.5 Å². The van der Waals surface area contributed by atoms with E-state index in [1.807, 2.05) is 88.4 Å². The number of hydrogen-bond donors (Lipinski definition) is 2. The van der Waals surface area contributed by atoms with Crippen LogP contribution in [0.15, 0.2) is 95.9 Å². The number of nitrogens with two attached hydrogens (primary N) is 1. The molecule has 0 bridgehead atoms. The first kappa shape index (κ1) is 37.6. The number of rotatable bonds is 9. The van der Waals surface area contributed by atoms with Crippen LogP contribution in [0.2, 0.25) is 0 Å². The van der Waals surface area contributed by atoms with E-state index in [4.69, 9.17) is 5.73 Å². The zero-order valence-electron chi connectivity index (χ0n) is 27.7. The molecule has 4 aromatic carbocycles. The minimum atomic E-state index is -3.88. The minimum absolute atomic E-state index is 0. The molecule has 0 radical (unpaired) electrons. The summed E-state index contributed by atoms with van der Waals surface area (Å²) < 4.78 is 31.2. The van der Waals surface area contributed by atoms with Crippen LogP contribution in [0.25, 0.3) is 0 Å². The van der Waals surface area contributed by atoms with E-state index in [1.54, 1.807) is 0 Å². The third-order valence-corrected chi connectivity index (χ3v) is 9.57. The van der Waals surface area contributed by atoms with Crippen molar-refractivity contribution in [2.45, 2.75) is 97.0 Å². The van der Waals surface area contributed by atoms with E-state index < -0.39 is 22.1 Å². The van der Waals surface area contributed by atoms with Gasteiger partial charge < -0.3 is 5.73 Å². The second kappa shape index (κ2) is 16.6. The van der Waals surface area contributed by atoms with Gasteiger partial charge in [0.05, 0.1) is 17.0 Å². The zero-order valence-corrected chi connectivity index (χ0v) is 30.3. The van der Waals surface area contributed by atoms with E-state index in [2.05, 4.69) is 69.7 Å². The van der Waals surface area contributed by atoms with Crippen LogP contribution < -0.4 is 10.5 Å². The molecule has 0 aromatic heterocycles. The van der Waals surface area contributed by atoms with Crippen molar-refractivity contribution in [3.8, 4) is 0 Å². The third kappa shape index (κ3) is 9.68. The molecule has 0 amide bonds. The molecular weight excluding hydrogens is 650 g/mol. The Labute approximate surface area is 279 Å². The van der Waals surface area contributed by atoms with Gasteiger partial charge in [0, 0.05) is 19.5 Å². The Morgan fingerprint density at radius 3 is 1.48 bits per heavy atom. The number of hydrogen-bond acceptors (Lipinski definition) is 3. The van der Waals surface area contributed by atoms with Crippen LogP contribution in [0.1, 0.15) is 116 Å². The van der Waals surface area contributed by atoms with E-state index in [-0.39, 0.29) is 31.3 Å². The molecule has 0 fully saturated rings. The van der Waals surface area contributed by atoms with Crippen molar-refractivity contribution >= 4 is 10.0 Å². The molecule has 0 unspecified atom stereocenters. The molecule has 0 spiro atoms. The summed E-state index contributed by atoms with van der Waals surface area (Å²) in [4.78, 5) is 0.392. The number of aryl methyl sites for hydroxylation is 3. The molecule has 3 N–H and O–H groups in total. The number of nitrogens with one attached hydrogen (secondary N) is 1. The van der Waals surface area contributed by atoms with Gasteiger partial charge in [0.1, 0.15) is 0 Å². The summed E-state index contributed by atoms with van der Waals surface area (Å²) in [7, 11) is -3.88. The van der Waals surface area contributed by atoms with Crippen LogP contribution in [0.3, 0.4) is 0 Å². The van der Waals surface area contributed by atoms with E-state index in [0.29, 0.717) is 10.8 Å². The second-order valence-electron chi connectivity index (χ2n) is 12.5. The Morgan fingerprint density at radius 1 is 0.591 bits per heavy atom.